The van der Waals surface area contributed by atoms with Gasteiger partial charge in [0.2, 0.25) is 0 Å². The average molecular weight is 531 g/mol. The molecule has 1 N–H and O–H groups in total. The van der Waals surface area contributed by atoms with Crippen LogP contribution in [0.1, 0.15) is 66.2 Å². The number of tetrazole rings is 1. The molecule has 0 radical (unpaired) electrons. The van der Waals surface area contributed by atoms with Crippen molar-refractivity contribution in [3.63, 3.8) is 0 Å². The van der Waals surface area contributed by atoms with E-state index in [1.165, 1.54) is 19.3 Å². The molecule has 1 aliphatic rings. The van der Waals surface area contributed by atoms with Crippen LogP contribution < -0.4 is 15.0 Å². The molecule has 2 heterocycles. The van der Waals surface area contributed by atoms with Crippen molar-refractivity contribution in [3.8, 4) is 11.5 Å². The van der Waals surface area contributed by atoms with Crippen molar-refractivity contribution in [1.29, 1.82) is 0 Å². The predicted octanol–water partition coefficient (Wildman–Crippen LogP) is 4.90. The van der Waals surface area contributed by atoms with E-state index < -0.39 is 0 Å². The van der Waals surface area contributed by atoms with Gasteiger partial charge in [0, 0.05) is 29.6 Å². The lowest BCUT2D eigenvalue weighted by atomic mass is 9.95. The molecule has 1 aliphatic carbocycles. The van der Waals surface area contributed by atoms with Gasteiger partial charge >= 0.3 is 0 Å². The third kappa shape index (κ3) is 6.14. The van der Waals surface area contributed by atoms with Gasteiger partial charge in [-0.1, -0.05) is 31.4 Å². The molecule has 1 saturated carbocycles. The lowest BCUT2D eigenvalue weighted by molar-refractivity contribution is 0.235. The molecular formula is C30H38N6O3. The standard InChI is InChI=1S/C30H38N6O3/c1-20-14-21(2)25-17-23(30(37)31-26(25)15-20)18-35(13-12-22-10-11-27(38-3)28(16-22)39-4)19-29-32-33-34-36(29)24-8-6-5-7-9-24/h10-11,14-17,24H,5-9,12-13,18-19H2,1-4H3,(H,31,37). The molecule has 0 aliphatic heterocycles. The lowest BCUT2D eigenvalue weighted by Crippen LogP contribution is -2.30. The number of fused-ring (bicyclic) bond motifs is 1. The largest absolute Gasteiger partial charge is 0.493 e. The van der Waals surface area contributed by atoms with Crippen LogP contribution in [0.15, 0.2) is 41.2 Å². The minimum absolute atomic E-state index is 0.0597. The number of aromatic amines is 1. The average Bonchev–Trinajstić information content (AvgIpc) is 3.40. The van der Waals surface area contributed by atoms with E-state index in [1.807, 2.05) is 35.9 Å². The minimum atomic E-state index is -0.0597. The van der Waals surface area contributed by atoms with Crippen LogP contribution in [0.5, 0.6) is 11.5 Å². The summed E-state index contributed by atoms with van der Waals surface area (Å²) in [6.07, 6.45) is 6.67. The van der Waals surface area contributed by atoms with Crippen LogP contribution in [0.2, 0.25) is 0 Å². The Kier molecular flexibility index (Phi) is 8.26. The fourth-order valence-electron chi connectivity index (χ4n) is 5.74. The Morgan fingerprint density at radius 3 is 2.56 bits per heavy atom. The van der Waals surface area contributed by atoms with E-state index in [9.17, 15) is 4.79 Å². The zero-order valence-electron chi connectivity index (χ0n) is 23.4. The number of methoxy groups -OCH3 is 2. The van der Waals surface area contributed by atoms with Gasteiger partial charge in [-0.3, -0.25) is 9.69 Å². The van der Waals surface area contributed by atoms with Gasteiger partial charge < -0.3 is 14.5 Å². The molecule has 9 heteroatoms. The van der Waals surface area contributed by atoms with Gasteiger partial charge in [0.1, 0.15) is 0 Å². The number of rotatable bonds is 10. The Bertz CT molecular complexity index is 1490. The molecule has 0 amide bonds. The van der Waals surface area contributed by atoms with Crippen LogP contribution in [0.4, 0.5) is 0 Å². The molecule has 2 aromatic heterocycles. The maximum absolute atomic E-state index is 13.2. The predicted molar refractivity (Wildman–Crippen MR) is 151 cm³/mol. The van der Waals surface area contributed by atoms with Crippen molar-refractivity contribution in [1.82, 2.24) is 30.1 Å². The second-order valence-corrected chi connectivity index (χ2v) is 10.6. The van der Waals surface area contributed by atoms with Gasteiger partial charge in [-0.25, -0.2) is 4.68 Å². The van der Waals surface area contributed by atoms with E-state index in [4.69, 9.17) is 9.47 Å². The molecule has 0 bridgehead atoms. The summed E-state index contributed by atoms with van der Waals surface area (Å²) in [5.74, 6) is 2.26. The molecule has 0 unspecified atom stereocenters. The van der Waals surface area contributed by atoms with E-state index in [-0.39, 0.29) is 5.56 Å². The highest BCUT2D eigenvalue weighted by Crippen LogP contribution is 2.29. The fraction of sp³-hybridized carbons (Fsp3) is 0.467. The van der Waals surface area contributed by atoms with Gasteiger partial charge in [0.25, 0.3) is 5.56 Å². The summed E-state index contributed by atoms with van der Waals surface area (Å²) in [5, 5.41) is 13.9. The molecule has 0 saturated heterocycles. The Hall–Kier alpha value is -3.72. The molecule has 2 aromatic carbocycles. The molecule has 9 nitrogen and oxygen atoms in total. The monoisotopic (exact) mass is 530 g/mol. The highest BCUT2D eigenvalue weighted by atomic mass is 16.5. The van der Waals surface area contributed by atoms with Crippen LogP contribution in [0.3, 0.4) is 0 Å². The number of aromatic nitrogens is 5. The Morgan fingerprint density at radius 2 is 1.79 bits per heavy atom. The summed E-state index contributed by atoms with van der Waals surface area (Å²) >= 11 is 0. The van der Waals surface area contributed by atoms with Crippen LogP contribution in [-0.4, -0.2) is 50.9 Å². The zero-order valence-corrected chi connectivity index (χ0v) is 23.4. The maximum Gasteiger partial charge on any atom is 0.252 e. The lowest BCUT2D eigenvalue weighted by Gasteiger charge is -2.25. The van der Waals surface area contributed by atoms with Crippen LogP contribution in [0.25, 0.3) is 10.9 Å². The molecule has 4 aromatic rings. The Morgan fingerprint density at radius 1 is 1.00 bits per heavy atom. The minimum Gasteiger partial charge on any atom is -0.493 e. The number of hydrogen-bond acceptors (Lipinski definition) is 7. The van der Waals surface area contributed by atoms with E-state index in [0.29, 0.717) is 30.6 Å². The highest BCUT2D eigenvalue weighted by Gasteiger charge is 2.22. The van der Waals surface area contributed by atoms with Crippen molar-refractivity contribution < 1.29 is 9.47 Å². The van der Waals surface area contributed by atoms with Crippen LogP contribution in [-0.2, 0) is 19.5 Å². The SMILES string of the molecule is COc1ccc(CCN(Cc2cc3c(C)cc(C)cc3[nH]c2=O)Cc2nnnn2C2CCCCC2)cc1OC. The van der Waals surface area contributed by atoms with Crippen LogP contribution >= 0.6 is 0 Å². The molecule has 1 fully saturated rings. The van der Waals surface area contributed by atoms with E-state index in [0.717, 1.165) is 64.8 Å². The summed E-state index contributed by atoms with van der Waals surface area (Å²) in [5.41, 5.74) is 4.96. The first-order valence-electron chi connectivity index (χ1n) is 13.8. The summed E-state index contributed by atoms with van der Waals surface area (Å²) < 4.78 is 12.9. The van der Waals surface area contributed by atoms with Gasteiger partial charge in [0.15, 0.2) is 17.3 Å². The van der Waals surface area contributed by atoms with Crippen LogP contribution in [0, 0.1) is 13.8 Å². The fourth-order valence-corrected chi connectivity index (χ4v) is 5.74. The molecular weight excluding hydrogens is 492 g/mol. The Balaban J connectivity index is 1.43. The third-order valence-electron chi connectivity index (χ3n) is 7.79. The smallest absolute Gasteiger partial charge is 0.252 e. The maximum atomic E-state index is 13.2. The number of H-pyrrole nitrogens is 1. The molecule has 0 spiro atoms. The first-order valence-corrected chi connectivity index (χ1v) is 13.8. The second-order valence-electron chi connectivity index (χ2n) is 10.6. The summed E-state index contributed by atoms with van der Waals surface area (Å²) in [6, 6.07) is 12.6. The zero-order chi connectivity index (χ0) is 27.4. The van der Waals surface area contributed by atoms with Gasteiger partial charge in [-0.2, -0.15) is 0 Å². The third-order valence-corrected chi connectivity index (χ3v) is 7.79. The van der Waals surface area contributed by atoms with Gasteiger partial charge in [0.05, 0.1) is 26.8 Å². The first-order chi connectivity index (χ1) is 18.9. The normalized spacial score (nSPS) is 14.3. The quantitative estimate of drug-likeness (QED) is 0.311. The topological polar surface area (TPSA) is 98.2 Å². The van der Waals surface area contributed by atoms with E-state index in [1.54, 1.807) is 14.2 Å². The summed E-state index contributed by atoms with van der Waals surface area (Å²) in [7, 11) is 3.29. The van der Waals surface area contributed by atoms with Crippen molar-refractivity contribution >= 4 is 10.9 Å². The number of benzene rings is 2. The second kappa shape index (κ2) is 12.0. The van der Waals surface area contributed by atoms with Crippen molar-refractivity contribution in [2.45, 2.75) is 71.5 Å². The molecule has 5 rings (SSSR count). The summed E-state index contributed by atoms with van der Waals surface area (Å²) in [4.78, 5) is 18.6. The first kappa shape index (κ1) is 26.9. The van der Waals surface area contributed by atoms with E-state index >= 15 is 0 Å². The number of nitrogens with zero attached hydrogens (tertiary/aromatic N) is 5. The summed E-state index contributed by atoms with van der Waals surface area (Å²) in [6.45, 7) is 5.90. The number of ether oxygens (including phenoxy) is 2. The van der Waals surface area contributed by atoms with Gasteiger partial charge in [-0.15, -0.1) is 5.10 Å². The molecule has 0 atom stereocenters. The number of aryl methyl sites for hydroxylation is 2. The van der Waals surface area contributed by atoms with Crippen molar-refractivity contribution in [2.24, 2.45) is 0 Å². The molecule has 206 valence electrons. The Labute approximate surface area is 229 Å². The van der Waals surface area contributed by atoms with E-state index in [2.05, 4.69) is 44.5 Å². The number of pyridine rings is 1. The number of hydrogen-bond donors (Lipinski definition) is 1. The highest BCUT2D eigenvalue weighted by molar-refractivity contribution is 5.83. The van der Waals surface area contributed by atoms with Crippen molar-refractivity contribution in [3.05, 3.63) is 74.8 Å². The van der Waals surface area contributed by atoms with Gasteiger partial charge in [-0.05, 0) is 84.5 Å². The van der Waals surface area contributed by atoms with Crippen molar-refractivity contribution in [2.75, 3.05) is 20.8 Å². The number of nitrogens with one attached hydrogen (secondary N) is 1. The molecule has 39 heavy (non-hydrogen) atoms.